The van der Waals surface area contributed by atoms with Crippen LogP contribution in [0.25, 0.3) is 0 Å². The second-order valence-corrected chi connectivity index (χ2v) is 7.80. The van der Waals surface area contributed by atoms with Gasteiger partial charge in [-0.1, -0.05) is 23.7 Å². The average Bonchev–Trinajstić information content (AvgIpc) is 2.80. The van der Waals surface area contributed by atoms with Gasteiger partial charge in [-0.25, -0.2) is 14.4 Å². The van der Waals surface area contributed by atoms with Crippen LogP contribution in [0.15, 0.2) is 48.8 Å². The first-order valence-electron chi connectivity index (χ1n) is 10.0. The summed E-state index contributed by atoms with van der Waals surface area (Å²) < 4.78 is 53.4. The lowest BCUT2D eigenvalue weighted by Crippen LogP contribution is -2.47. The summed E-state index contributed by atoms with van der Waals surface area (Å²) in [7, 11) is 0. The van der Waals surface area contributed by atoms with E-state index in [9.17, 15) is 27.7 Å². The summed E-state index contributed by atoms with van der Waals surface area (Å²) in [5.74, 6) is -0.667. The number of hydrogen-bond donors (Lipinski definition) is 1. The highest BCUT2D eigenvalue weighted by atomic mass is 35.5. The topological polar surface area (TPSA) is 87.4 Å². The van der Waals surface area contributed by atoms with Gasteiger partial charge in [0.15, 0.2) is 0 Å². The molecule has 0 radical (unpaired) electrons. The van der Waals surface area contributed by atoms with Crippen molar-refractivity contribution in [1.29, 1.82) is 0 Å². The van der Waals surface area contributed by atoms with Crippen LogP contribution in [0.5, 0.6) is 0 Å². The van der Waals surface area contributed by atoms with Gasteiger partial charge in [-0.05, 0) is 30.3 Å². The van der Waals surface area contributed by atoms with Gasteiger partial charge < -0.3 is 15.1 Å². The van der Waals surface area contributed by atoms with E-state index in [4.69, 9.17) is 11.6 Å². The SMILES string of the molecule is O=[N+]([O-])c1c(Nc2cc(C(F)(F)F)ccc2Cl)ncnc1N1CCN(c2ccccc2F)CC1. The van der Waals surface area contributed by atoms with Crippen molar-refractivity contribution >= 4 is 40.3 Å². The summed E-state index contributed by atoms with van der Waals surface area (Å²) in [5, 5.41) is 14.4. The summed E-state index contributed by atoms with van der Waals surface area (Å²) >= 11 is 6.01. The van der Waals surface area contributed by atoms with E-state index < -0.39 is 22.4 Å². The molecule has 0 spiro atoms. The normalized spacial score (nSPS) is 14.3. The Morgan fingerprint density at radius 2 is 1.71 bits per heavy atom. The number of halogens is 5. The monoisotopic (exact) mass is 496 g/mol. The van der Waals surface area contributed by atoms with Crippen molar-refractivity contribution < 1.29 is 22.5 Å². The molecule has 1 fully saturated rings. The number of para-hydroxylation sites is 1. The molecule has 0 saturated carbocycles. The number of anilines is 4. The van der Waals surface area contributed by atoms with Crippen LogP contribution in [0.4, 0.5) is 46.3 Å². The maximum atomic E-state index is 14.1. The molecular formula is C21H17ClF4N6O2. The van der Waals surface area contributed by atoms with Crippen molar-refractivity contribution in [2.75, 3.05) is 41.3 Å². The Balaban J connectivity index is 1.61. The number of nitro groups is 1. The van der Waals surface area contributed by atoms with E-state index in [0.29, 0.717) is 31.9 Å². The van der Waals surface area contributed by atoms with E-state index in [-0.39, 0.29) is 28.2 Å². The van der Waals surface area contributed by atoms with Gasteiger partial charge in [0.2, 0.25) is 11.6 Å². The van der Waals surface area contributed by atoms with Crippen molar-refractivity contribution in [3.63, 3.8) is 0 Å². The van der Waals surface area contributed by atoms with Crippen molar-refractivity contribution in [2.24, 2.45) is 0 Å². The molecule has 1 aliphatic rings. The highest BCUT2D eigenvalue weighted by Crippen LogP contribution is 2.38. The number of alkyl halides is 3. The predicted molar refractivity (Wildman–Crippen MR) is 119 cm³/mol. The lowest BCUT2D eigenvalue weighted by atomic mass is 10.2. The molecule has 2 aromatic carbocycles. The molecule has 178 valence electrons. The predicted octanol–water partition coefficient (Wildman–Crippen LogP) is 5.27. The van der Waals surface area contributed by atoms with E-state index >= 15 is 0 Å². The van der Waals surface area contributed by atoms with Gasteiger partial charge in [0.25, 0.3) is 0 Å². The van der Waals surface area contributed by atoms with E-state index in [0.717, 1.165) is 24.5 Å². The summed E-state index contributed by atoms with van der Waals surface area (Å²) in [6.07, 6.45) is -3.54. The van der Waals surface area contributed by atoms with Gasteiger partial charge in [-0.15, -0.1) is 0 Å². The first-order valence-corrected chi connectivity index (χ1v) is 10.4. The lowest BCUT2D eigenvalue weighted by Gasteiger charge is -2.36. The number of nitrogens with zero attached hydrogens (tertiary/aromatic N) is 5. The van der Waals surface area contributed by atoms with Gasteiger partial charge in [-0.3, -0.25) is 10.1 Å². The Morgan fingerprint density at radius 1 is 1.03 bits per heavy atom. The van der Waals surface area contributed by atoms with Crippen LogP contribution in [0.2, 0.25) is 5.02 Å². The number of nitrogens with one attached hydrogen (secondary N) is 1. The van der Waals surface area contributed by atoms with Crippen LogP contribution in [-0.2, 0) is 6.18 Å². The van der Waals surface area contributed by atoms with Crippen LogP contribution in [-0.4, -0.2) is 41.1 Å². The molecule has 0 amide bonds. The fourth-order valence-corrected chi connectivity index (χ4v) is 3.82. The standard InChI is InChI=1S/C21H17ClF4N6O2/c22-14-6-5-13(21(24,25)26)11-16(14)29-19-18(32(33)34)20(28-12-27-19)31-9-7-30(8-10-31)17-4-2-1-3-15(17)23/h1-6,11-12H,7-10H2,(H,27,28,29). The molecule has 0 aliphatic carbocycles. The molecule has 3 aromatic rings. The highest BCUT2D eigenvalue weighted by molar-refractivity contribution is 6.33. The third kappa shape index (κ3) is 4.81. The molecule has 13 heteroatoms. The number of benzene rings is 2. The fourth-order valence-electron chi connectivity index (χ4n) is 3.65. The van der Waals surface area contributed by atoms with E-state index in [2.05, 4.69) is 15.3 Å². The maximum absolute atomic E-state index is 14.1. The zero-order valence-electron chi connectivity index (χ0n) is 17.4. The van der Waals surface area contributed by atoms with Crippen molar-refractivity contribution in [3.05, 3.63) is 75.3 Å². The minimum absolute atomic E-state index is 0.00113. The third-order valence-electron chi connectivity index (χ3n) is 5.30. The first-order chi connectivity index (χ1) is 16.1. The third-order valence-corrected chi connectivity index (χ3v) is 5.63. The largest absolute Gasteiger partial charge is 0.416 e. The van der Waals surface area contributed by atoms with Crippen LogP contribution in [0.1, 0.15) is 5.56 Å². The quantitative estimate of drug-likeness (QED) is 0.292. The number of rotatable bonds is 5. The van der Waals surface area contributed by atoms with Crippen LogP contribution in [0.3, 0.4) is 0 Å². The fraction of sp³-hybridized carbons (Fsp3) is 0.238. The average molecular weight is 497 g/mol. The summed E-state index contributed by atoms with van der Waals surface area (Å²) in [4.78, 5) is 22.6. The molecule has 0 bridgehead atoms. The lowest BCUT2D eigenvalue weighted by molar-refractivity contribution is -0.383. The molecule has 1 N–H and O–H groups in total. The van der Waals surface area contributed by atoms with Gasteiger partial charge >= 0.3 is 11.9 Å². The number of piperazine rings is 1. The Bertz CT molecular complexity index is 1220. The molecule has 0 atom stereocenters. The maximum Gasteiger partial charge on any atom is 0.416 e. The van der Waals surface area contributed by atoms with Gasteiger partial charge in [0.05, 0.1) is 26.9 Å². The van der Waals surface area contributed by atoms with E-state index in [1.807, 2.05) is 4.90 Å². The molecule has 0 unspecified atom stereocenters. The smallest absolute Gasteiger partial charge is 0.366 e. The second kappa shape index (κ2) is 9.29. The summed E-state index contributed by atoms with van der Waals surface area (Å²) in [6, 6.07) is 8.92. The Hall–Kier alpha value is -3.67. The molecular weight excluding hydrogens is 480 g/mol. The minimum Gasteiger partial charge on any atom is -0.366 e. The molecule has 34 heavy (non-hydrogen) atoms. The number of hydrogen-bond acceptors (Lipinski definition) is 7. The van der Waals surface area contributed by atoms with Crippen LogP contribution in [0, 0.1) is 15.9 Å². The van der Waals surface area contributed by atoms with Gasteiger partial charge in [0.1, 0.15) is 12.1 Å². The Labute approximate surface area is 195 Å². The zero-order valence-corrected chi connectivity index (χ0v) is 18.1. The van der Waals surface area contributed by atoms with Gasteiger partial charge in [0, 0.05) is 26.2 Å². The molecule has 1 saturated heterocycles. The van der Waals surface area contributed by atoms with Crippen LogP contribution < -0.4 is 15.1 Å². The Kier molecular flexibility index (Phi) is 6.42. The summed E-state index contributed by atoms with van der Waals surface area (Å²) in [6.45, 7) is 1.36. The zero-order chi connectivity index (χ0) is 24.5. The van der Waals surface area contributed by atoms with Crippen LogP contribution >= 0.6 is 11.6 Å². The van der Waals surface area contributed by atoms with Gasteiger partial charge in [-0.2, -0.15) is 13.2 Å². The number of aromatic nitrogens is 2. The minimum atomic E-state index is -4.62. The summed E-state index contributed by atoms with van der Waals surface area (Å²) in [5.41, 5.74) is -1.23. The van der Waals surface area contributed by atoms with Crippen molar-refractivity contribution in [2.45, 2.75) is 6.18 Å². The van der Waals surface area contributed by atoms with E-state index in [1.54, 1.807) is 23.1 Å². The van der Waals surface area contributed by atoms with E-state index in [1.165, 1.54) is 6.07 Å². The Morgan fingerprint density at radius 3 is 2.35 bits per heavy atom. The molecule has 8 nitrogen and oxygen atoms in total. The van der Waals surface area contributed by atoms with Crippen molar-refractivity contribution in [3.8, 4) is 0 Å². The molecule has 2 heterocycles. The molecule has 1 aliphatic heterocycles. The second-order valence-electron chi connectivity index (χ2n) is 7.39. The molecule has 1 aromatic heterocycles. The highest BCUT2D eigenvalue weighted by Gasteiger charge is 2.33. The van der Waals surface area contributed by atoms with Crippen molar-refractivity contribution in [1.82, 2.24) is 9.97 Å². The first kappa shape index (κ1) is 23.5. The molecule has 4 rings (SSSR count).